The predicted octanol–water partition coefficient (Wildman–Crippen LogP) is 0.370. The molecule has 1 aromatic carbocycles. The Morgan fingerprint density at radius 1 is 1.17 bits per heavy atom. The fraction of sp³-hybridized carbons (Fsp3) is 0.588. The summed E-state index contributed by atoms with van der Waals surface area (Å²) < 4.78 is 67.0. The van der Waals surface area contributed by atoms with Crippen molar-refractivity contribution in [2.24, 2.45) is 0 Å². The van der Waals surface area contributed by atoms with Gasteiger partial charge in [0, 0.05) is 38.8 Å². The number of alkyl halides is 3. The summed E-state index contributed by atoms with van der Waals surface area (Å²) >= 11 is 0. The summed E-state index contributed by atoms with van der Waals surface area (Å²) in [7, 11) is -4.03. The lowest BCUT2D eigenvalue weighted by atomic mass is 10.2. The van der Waals surface area contributed by atoms with Gasteiger partial charge in [-0.3, -0.25) is 9.69 Å². The van der Waals surface area contributed by atoms with Crippen molar-refractivity contribution >= 4 is 15.9 Å². The summed E-state index contributed by atoms with van der Waals surface area (Å²) in [6, 6.07) is 4.27. The van der Waals surface area contributed by atoms with Gasteiger partial charge in [0.2, 0.25) is 15.9 Å². The van der Waals surface area contributed by atoms with Crippen LogP contribution in [0.1, 0.15) is 6.42 Å². The van der Waals surface area contributed by atoms with Crippen LogP contribution in [0, 0.1) is 0 Å². The van der Waals surface area contributed by atoms with Crippen LogP contribution in [0.25, 0.3) is 0 Å². The third-order valence-electron chi connectivity index (χ3n) is 5.00. The molecule has 162 valence electrons. The average Bonchev–Trinajstić information content (AvgIpc) is 3.20. The average molecular weight is 436 g/mol. The quantitative estimate of drug-likeness (QED) is 0.670. The van der Waals surface area contributed by atoms with Crippen molar-refractivity contribution in [3.8, 4) is 5.75 Å². The van der Waals surface area contributed by atoms with Crippen molar-refractivity contribution in [1.82, 2.24) is 19.8 Å². The van der Waals surface area contributed by atoms with Gasteiger partial charge in [-0.25, -0.2) is 13.1 Å². The van der Waals surface area contributed by atoms with Crippen LogP contribution in [0.3, 0.4) is 0 Å². The minimum absolute atomic E-state index is 0.252. The molecule has 0 saturated carbocycles. The number of carbonyl (C=O) groups is 1. The van der Waals surface area contributed by atoms with Gasteiger partial charge in [0.1, 0.15) is 5.75 Å². The van der Waals surface area contributed by atoms with Crippen molar-refractivity contribution in [2.75, 3.05) is 45.8 Å². The molecular formula is C17H23F3N4O4S. The molecule has 1 amide bonds. The van der Waals surface area contributed by atoms with E-state index in [2.05, 4.69) is 19.7 Å². The van der Waals surface area contributed by atoms with Crippen LogP contribution in [0.5, 0.6) is 5.75 Å². The van der Waals surface area contributed by atoms with E-state index in [-0.39, 0.29) is 10.8 Å². The van der Waals surface area contributed by atoms with Crippen molar-refractivity contribution in [2.45, 2.75) is 23.7 Å². The number of sulfonamides is 1. The lowest BCUT2D eigenvalue weighted by molar-refractivity contribution is -0.274. The zero-order valence-electron chi connectivity index (χ0n) is 15.6. The molecule has 2 heterocycles. The first kappa shape index (κ1) is 21.8. The molecule has 0 radical (unpaired) electrons. The van der Waals surface area contributed by atoms with Crippen LogP contribution in [-0.4, -0.2) is 82.3 Å². The van der Waals surface area contributed by atoms with E-state index < -0.39 is 28.7 Å². The molecule has 0 aromatic heterocycles. The summed E-state index contributed by atoms with van der Waals surface area (Å²) in [5.74, 6) is -0.863. The summed E-state index contributed by atoms with van der Waals surface area (Å²) in [6.45, 7) is 4.07. The summed E-state index contributed by atoms with van der Waals surface area (Å²) in [6.07, 6.45) is -3.77. The van der Waals surface area contributed by atoms with E-state index in [1.165, 1.54) is 0 Å². The minimum atomic E-state index is -4.86. The van der Waals surface area contributed by atoms with Gasteiger partial charge in [0.05, 0.1) is 11.4 Å². The van der Waals surface area contributed by atoms with Gasteiger partial charge < -0.3 is 15.0 Å². The molecule has 1 atom stereocenters. The highest BCUT2D eigenvalue weighted by Crippen LogP contribution is 2.23. The molecule has 2 aliphatic rings. The molecule has 0 bridgehead atoms. The smallest absolute Gasteiger partial charge is 0.406 e. The Morgan fingerprint density at radius 3 is 2.38 bits per heavy atom. The molecule has 0 aliphatic carbocycles. The first-order valence-electron chi connectivity index (χ1n) is 9.22. The number of ether oxygens (including phenoxy) is 1. The van der Waals surface area contributed by atoms with E-state index in [4.69, 9.17) is 0 Å². The number of nitrogens with zero attached hydrogens (tertiary/aromatic N) is 2. The van der Waals surface area contributed by atoms with Gasteiger partial charge in [-0.1, -0.05) is 0 Å². The van der Waals surface area contributed by atoms with Crippen molar-refractivity contribution in [3.05, 3.63) is 24.3 Å². The Labute approximate surface area is 167 Å². The number of piperazine rings is 1. The Kier molecular flexibility index (Phi) is 6.66. The number of rotatable bonds is 6. The molecule has 29 heavy (non-hydrogen) atoms. The lowest BCUT2D eigenvalue weighted by Crippen LogP contribution is -2.54. The van der Waals surface area contributed by atoms with Crippen molar-refractivity contribution < 1.29 is 31.1 Å². The van der Waals surface area contributed by atoms with Crippen LogP contribution in [0.4, 0.5) is 13.2 Å². The van der Waals surface area contributed by atoms with E-state index in [0.29, 0.717) is 19.1 Å². The normalized spacial score (nSPS) is 21.3. The maximum atomic E-state index is 12.3. The second kappa shape index (κ2) is 8.86. The zero-order valence-corrected chi connectivity index (χ0v) is 16.4. The number of nitrogens with one attached hydrogen (secondary N) is 2. The Morgan fingerprint density at radius 2 is 1.83 bits per heavy atom. The fourth-order valence-electron chi connectivity index (χ4n) is 3.46. The molecule has 8 nitrogen and oxygen atoms in total. The van der Waals surface area contributed by atoms with Gasteiger partial charge in [-0.15, -0.1) is 13.2 Å². The van der Waals surface area contributed by atoms with E-state index in [1.54, 1.807) is 4.90 Å². The van der Waals surface area contributed by atoms with Crippen molar-refractivity contribution in [3.63, 3.8) is 0 Å². The highest BCUT2D eigenvalue weighted by atomic mass is 32.2. The number of hydrogen-bond donors (Lipinski definition) is 2. The molecule has 12 heteroatoms. The van der Waals surface area contributed by atoms with Crippen molar-refractivity contribution in [1.29, 1.82) is 0 Å². The second-order valence-corrected chi connectivity index (χ2v) is 8.67. The highest BCUT2D eigenvalue weighted by Gasteiger charge is 2.31. The lowest BCUT2D eigenvalue weighted by Gasteiger charge is -2.37. The number of carbonyl (C=O) groups excluding carboxylic acids is 1. The number of hydrogen-bond acceptors (Lipinski definition) is 6. The summed E-state index contributed by atoms with van der Waals surface area (Å²) in [5.41, 5.74) is 0. The Bertz CT molecular complexity index is 803. The standard InChI is InChI=1S/C17H23F3N4O4S/c18-17(19,20)28-14-1-3-15(4-2-14)29(26,27)22-12-16(25)24-9-7-23(8-10-24)13-5-6-21-11-13/h1-4,13,21-22H,5-12H2. The van der Waals surface area contributed by atoms with Gasteiger partial charge >= 0.3 is 6.36 Å². The molecule has 0 spiro atoms. The molecule has 2 aliphatic heterocycles. The third-order valence-corrected chi connectivity index (χ3v) is 6.42. The third kappa shape index (κ3) is 6.04. The molecule has 3 rings (SSSR count). The van der Waals surface area contributed by atoms with Crippen LogP contribution in [0.2, 0.25) is 0 Å². The largest absolute Gasteiger partial charge is 0.573 e. The predicted molar refractivity (Wildman–Crippen MR) is 97.7 cm³/mol. The van der Waals surface area contributed by atoms with Crippen LogP contribution < -0.4 is 14.8 Å². The van der Waals surface area contributed by atoms with Crippen LogP contribution in [0.15, 0.2) is 29.2 Å². The molecule has 2 saturated heterocycles. The fourth-order valence-corrected chi connectivity index (χ4v) is 4.43. The maximum absolute atomic E-state index is 12.3. The summed E-state index contributed by atoms with van der Waals surface area (Å²) in [5, 5.41) is 3.31. The topological polar surface area (TPSA) is 91.0 Å². The summed E-state index contributed by atoms with van der Waals surface area (Å²) in [4.78, 5) is 16.0. The molecular weight excluding hydrogens is 413 g/mol. The maximum Gasteiger partial charge on any atom is 0.573 e. The SMILES string of the molecule is O=C(CNS(=O)(=O)c1ccc(OC(F)(F)F)cc1)N1CCN(C2CCNC2)CC1. The van der Waals surface area contributed by atoms with E-state index in [9.17, 15) is 26.4 Å². The number of halogens is 3. The zero-order chi connectivity index (χ0) is 21.1. The Balaban J connectivity index is 1.49. The van der Waals surface area contributed by atoms with E-state index in [1.807, 2.05) is 0 Å². The van der Waals surface area contributed by atoms with Gasteiger partial charge in [-0.05, 0) is 37.2 Å². The molecule has 2 N–H and O–H groups in total. The monoisotopic (exact) mass is 436 g/mol. The van der Waals surface area contributed by atoms with E-state index >= 15 is 0 Å². The van der Waals surface area contributed by atoms with Gasteiger partial charge in [0.25, 0.3) is 0 Å². The van der Waals surface area contributed by atoms with Crippen LogP contribution in [-0.2, 0) is 14.8 Å². The minimum Gasteiger partial charge on any atom is -0.406 e. The first-order chi connectivity index (χ1) is 13.6. The molecule has 1 aromatic rings. The Hall–Kier alpha value is -1.89. The van der Waals surface area contributed by atoms with Crippen LogP contribution >= 0.6 is 0 Å². The molecule has 1 unspecified atom stereocenters. The van der Waals surface area contributed by atoms with E-state index in [0.717, 1.165) is 56.9 Å². The number of benzene rings is 1. The van der Waals surface area contributed by atoms with Gasteiger partial charge in [-0.2, -0.15) is 0 Å². The number of amides is 1. The highest BCUT2D eigenvalue weighted by molar-refractivity contribution is 7.89. The van der Waals surface area contributed by atoms with Gasteiger partial charge in [0.15, 0.2) is 0 Å². The molecule has 2 fully saturated rings. The first-order valence-corrected chi connectivity index (χ1v) is 10.7. The second-order valence-electron chi connectivity index (χ2n) is 6.91.